The molecule has 0 atom stereocenters. The smallest absolute Gasteiger partial charge is 0.227 e. The van der Waals surface area contributed by atoms with Gasteiger partial charge in [-0.05, 0) is 24.6 Å². The Kier molecular flexibility index (Phi) is 4.49. The summed E-state index contributed by atoms with van der Waals surface area (Å²) < 4.78 is 5.78. The van der Waals surface area contributed by atoms with Crippen molar-refractivity contribution in [2.75, 3.05) is 5.43 Å². The van der Waals surface area contributed by atoms with Crippen LogP contribution in [0.25, 0.3) is 0 Å². The highest BCUT2D eigenvalue weighted by atomic mass is 16.5. The van der Waals surface area contributed by atoms with Gasteiger partial charge in [0, 0.05) is 6.42 Å². The van der Waals surface area contributed by atoms with Gasteiger partial charge in [-0.1, -0.05) is 19.1 Å². The van der Waals surface area contributed by atoms with Crippen LogP contribution in [0, 0.1) is 6.92 Å². The van der Waals surface area contributed by atoms with Crippen molar-refractivity contribution >= 4 is 5.82 Å². The number of hydrogen-bond donors (Lipinski definition) is 3. The van der Waals surface area contributed by atoms with Crippen LogP contribution in [0.1, 0.15) is 23.9 Å². The summed E-state index contributed by atoms with van der Waals surface area (Å²) in [5, 5.41) is 9.14. The van der Waals surface area contributed by atoms with Crippen molar-refractivity contribution in [2.24, 2.45) is 5.84 Å². The Morgan fingerprint density at radius 3 is 2.80 bits per heavy atom. The number of aliphatic hydroxyl groups excluding tert-OH is 1. The zero-order valence-corrected chi connectivity index (χ0v) is 11.6. The summed E-state index contributed by atoms with van der Waals surface area (Å²) in [4.78, 5) is 8.64. The molecule has 4 N–H and O–H groups in total. The van der Waals surface area contributed by atoms with Gasteiger partial charge >= 0.3 is 0 Å². The second-order valence-corrected chi connectivity index (χ2v) is 4.32. The number of hydrazine groups is 1. The summed E-state index contributed by atoms with van der Waals surface area (Å²) in [5.74, 6) is 7.72. The number of aryl methyl sites for hydroxylation is 1. The SMILES string of the molecule is CCc1nc(NN)c(C)c(Oc2cccc(CO)c2)n1. The number of aromatic nitrogens is 2. The monoisotopic (exact) mass is 274 g/mol. The number of ether oxygens (including phenoxy) is 1. The van der Waals surface area contributed by atoms with Gasteiger partial charge in [0.1, 0.15) is 17.4 Å². The van der Waals surface area contributed by atoms with Crippen molar-refractivity contribution < 1.29 is 9.84 Å². The minimum atomic E-state index is -0.0320. The number of rotatable bonds is 5. The Balaban J connectivity index is 2.36. The Bertz CT molecular complexity index is 602. The summed E-state index contributed by atoms with van der Waals surface area (Å²) in [6.45, 7) is 3.76. The predicted molar refractivity (Wildman–Crippen MR) is 76.4 cm³/mol. The summed E-state index contributed by atoms with van der Waals surface area (Å²) >= 11 is 0. The predicted octanol–water partition coefficient (Wildman–Crippen LogP) is 1.92. The average molecular weight is 274 g/mol. The van der Waals surface area contributed by atoms with E-state index in [0.717, 1.165) is 11.1 Å². The van der Waals surface area contributed by atoms with Crippen LogP contribution in [0.3, 0.4) is 0 Å². The van der Waals surface area contributed by atoms with E-state index in [1.807, 2.05) is 32.0 Å². The lowest BCUT2D eigenvalue weighted by molar-refractivity contribution is 0.281. The standard InChI is InChI=1S/C14H18N4O2/c1-3-12-16-13(18-15)9(2)14(17-12)20-11-6-4-5-10(7-11)8-19/h4-7,19H,3,8,15H2,1-2H3,(H,16,17,18). The van der Waals surface area contributed by atoms with Gasteiger partial charge in [0.05, 0.1) is 12.2 Å². The van der Waals surface area contributed by atoms with Crippen LogP contribution in [-0.4, -0.2) is 15.1 Å². The molecule has 2 rings (SSSR count). The second-order valence-electron chi connectivity index (χ2n) is 4.32. The Morgan fingerprint density at radius 1 is 1.35 bits per heavy atom. The number of nitrogen functional groups attached to an aromatic ring is 1. The molecule has 1 aromatic heterocycles. The van der Waals surface area contributed by atoms with Crippen molar-refractivity contribution in [3.63, 3.8) is 0 Å². The highest BCUT2D eigenvalue weighted by Crippen LogP contribution is 2.27. The van der Waals surface area contributed by atoms with E-state index in [1.54, 1.807) is 6.07 Å². The number of nitrogens with one attached hydrogen (secondary N) is 1. The Hall–Kier alpha value is -2.18. The highest BCUT2D eigenvalue weighted by Gasteiger charge is 2.11. The van der Waals surface area contributed by atoms with Crippen LogP contribution in [-0.2, 0) is 13.0 Å². The minimum absolute atomic E-state index is 0.0320. The molecule has 0 radical (unpaired) electrons. The molecule has 0 bridgehead atoms. The Labute approximate surface area is 117 Å². The largest absolute Gasteiger partial charge is 0.439 e. The fraction of sp³-hybridized carbons (Fsp3) is 0.286. The van der Waals surface area contributed by atoms with Crippen molar-refractivity contribution in [2.45, 2.75) is 26.9 Å². The third-order valence-corrected chi connectivity index (χ3v) is 2.90. The summed E-state index contributed by atoms with van der Waals surface area (Å²) in [6.07, 6.45) is 0.683. The molecule has 0 fully saturated rings. The topological polar surface area (TPSA) is 93.3 Å². The molecular formula is C14H18N4O2. The van der Waals surface area contributed by atoms with E-state index in [9.17, 15) is 0 Å². The van der Waals surface area contributed by atoms with Gasteiger partial charge in [-0.3, -0.25) is 0 Å². The van der Waals surface area contributed by atoms with E-state index in [-0.39, 0.29) is 6.61 Å². The van der Waals surface area contributed by atoms with E-state index >= 15 is 0 Å². The maximum absolute atomic E-state index is 9.14. The summed E-state index contributed by atoms with van der Waals surface area (Å²) in [6, 6.07) is 7.22. The van der Waals surface area contributed by atoms with Gasteiger partial charge in [0.2, 0.25) is 5.88 Å². The summed E-state index contributed by atoms with van der Waals surface area (Å²) in [7, 11) is 0. The molecule has 6 nitrogen and oxygen atoms in total. The molecule has 1 heterocycles. The minimum Gasteiger partial charge on any atom is -0.439 e. The van der Waals surface area contributed by atoms with E-state index in [2.05, 4.69) is 15.4 Å². The molecule has 20 heavy (non-hydrogen) atoms. The van der Waals surface area contributed by atoms with Crippen LogP contribution >= 0.6 is 0 Å². The van der Waals surface area contributed by atoms with Crippen LogP contribution in [0.15, 0.2) is 24.3 Å². The van der Waals surface area contributed by atoms with Gasteiger partial charge < -0.3 is 15.3 Å². The Morgan fingerprint density at radius 2 is 2.15 bits per heavy atom. The molecule has 0 saturated heterocycles. The molecule has 0 spiro atoms. The van der Waals surface area contributed by atoms with Gasteiger partial charge in [-0.25, -0.2) is 10.8 Å². The fourth-order valence-corrected chi connectivity index (χ4v) is 1.76. The van der Waals surface area contributed by atoms with E-state index < -0.39 is 0 Å². The number of benzene rings is 1. The van der Waals surface area contributed by atoms with Crippen molar-refractivity contribution in [1.82, 2.24) is 9.97 Å². The van der Waals surface area contributed by atoms with Gasteiger partial charge in [-0.2, -0.15) is 4.98 Å². The van der Waals surface area contributed by atoms with Crippen LogP contribution in [0.2, 0.25) is 0 Å². The first-order valence-corrected chi connectivity index (χ1v) is 6.39. The molecule has 0 aliphatic carbocycles. The van der Waals surface area contributed by atoms with Crippen LogP contribution < -0.4 is 16.0 Å². The number of hydrogen-bond acceptors (Lipinski definition) is 6. The molecule has 0 aliphatic heterocycles. The van der Waals surface area contributed by atoms with Crippen molar-refractivity contribution in [3.05, 3.63) is 41.2 Å². The van der Waals surface area contributed by atoms with Crippen LogP contribution in [0.4, 0.5) is 5.82 Å². The quantitative estimate of drug-likeness (QED) is 0.569. The molecular weight excluding hydrogens is 256 g/mol. The molecule has 1 aromatic carbocycles. The normalized spacial score (nSPS) is 10.4. The maximum atomic E-state index is 9.14. The third kappa shape index (κ3) is 3.04. The lowest BCUT2D eigenvalue weighted by atomic mass is 10.2. The molecule has 2 aromatic rings. The van der Waals surface area contributed by atoms with Crippen molar-refractivity contribution in [3.8, 4) is 11.6 Å². The van der Waals surface area contributed by atoms with Gasteiger partial charge in [0.15, 0.2) is 0 Å². The summed E-state index contributed by atoms with van der Waals surface area (Å²) in [5.41, 5.74) is 4.06. The zero-order valence-electron chi connectivity index (χ0n) is 11.6. The van der Waals surface area contributed by atoms with Gasteiger partial charge in [0.25, 0.3) is 0 Å². The number of nitrogens with zero attached hydrogens (tertiary/aromatic N) is 2. The number of anilines is 1. The first kappa shape index (κ1) is 14.2. The molecule has 106 valence electrons. The fourth-order valence-electron chi connectivity index (χ4n) is 1.76. The molecule has 0 aliphatic rings. The maximum Gasteiger partial charge on any atom is 0.227 e. The zero-order chi connectivity index (χ0) is 14.5. The molecule has 0 saturated carbocycles. The van der Waals surface area contributed by atoms with E-state index in [0.29, 0.717) is 29.7 Å². The molecule has 6 heteroatoms. The van der Waals surface area contributed by atoms with E-state index in [4.69, 9.17) is 15.7 Å². The van der Waals surface area contributed by atoms with Gasteiger partial charge in [-0.15, -0.1) is 0 Å². The second kappa shape index (κ2) is 6.31. The van der Waals surface area contributed by atoms with Crippen molar-refractivity contribution in [1.29, 1.82) is 0 Å². The lowest BCUT2D eigenvalue weighted by Gasteiger charge is -2.12. The highest BCUT2D eigenvalue weighted by molar-refractivity contribution is 5.48. The van der Waals surface area contributed by atoms with E-state index in [1.165, 1.54) is 0 Å². The first-order chi connectivity index (χ1) is 9.67. The first-order valence-electron chi connectivity index (χ1n) is 6.39. The molecule has 0 amide bonds. The number of nitrogens with two attached hydrogens (primary N) is 1. The number of aliphatic hydroxyl groups is 1. The van der Waals surface area contributed by atoms with Crippen LogP contribution in [0.5, 0.6) is 11.6 Å². The lowest BCUT2D eigenvalue weighted by Crippen LogP contribution is -2.13. The third-order valence-electron chi connectivity index (χ3n) is 2.90. The molecule has 0 unspecified atom stereocenters. The average Bonchev–Trinajstić information content (AvgIpc) is 2.49.